The molecule has 31 heavy (non-hydrogen) atoms. The quantitative estimate of drug-likeness (QED) is 0.442. The van der Waals surface area contributed by atoms with Crippen LogP contribution >= 0.6 is 0 Å². The van der Waals surface area contributed by atoms with Crippen molar-refractivity contribution in [1.82, 2.24) is 0 Å². The number of aryl methyl sites for hydroxylation is 1. The summed E-state index contributed by atoms with van der Waals surface area (Å²) in [6.45, 7) is 2.22. The van der Waals surface area contributed by atoms with Crippen LogP contribution < -0.4 is 4.74 Å². The Morgan fingerprint density at radius 1 is 0.871 bits per heavy atom. The van der Waals surface area contributed by atoms with Crippen molar-refractivity contribution in [3.05, 3.63) is 64.2 Å². The molecule has 0 bridgehead atoms. The molecule has 0 radical (unpaired) electrons. The Labute approximate surface area is 179 Å². The van der Waals surface area contributed by atoms with E-state index in [0.717, 1.165) is 36.5 Å². The van der Waals surface area contributed by atoms with Crippen LogP contribution in [-0.2, 0) is 12.8 Å². The van der Waals surface area contributed by atoms with Gasteiger partial charge in [-0.15, -0.1) is 13.2 Å². The van der Waals surface area contributed by atoms with Crippen LogP contribution in [-0.4, -0.2) is 6.36 Å². The lowest BCUT2D eigenvalue weighted by molar-refractivity contribution is -0.275. The molecule has 0 N–H and O–H groups in total. The van der Waals surface area contributed by atoms with E-state index < -0.39 is 17.9 Å². The van der Waals surface area contributed by atoms with E-state index >= 15 is 4.39 Å². The second-order valence-electron chi connectivity index (χ2n) is 8.95. The summed E-state index contributed by atoms with van der Waals surface area (Å²) in [7, 11) is 0. The first-order valence-corrected chi connectivity index (χ1v) is 11.1. The average Bonchev–Trinajstić information content (AvgIpc) is 2.73. The third kappa shape index (κ3) is 5.04. The number of hydrogen-bond acceptors (Lipinski definition) is 1. The lowest BCUT2D eigenvalue weighted by Gasteiger charge is -2.29. The highest BCUT2D eigenvalue weighted by molar-refractivity contribution is 5.41. The van der Waals surface area contributed by atoms with Crippen molar-refractivity contribution in [2.24, 2.45) is 5.92 Å². The topological polar surface area (TPSA) is 9.23 Å². The Morgan fingerprint density at radius 3 is 2.26 bits per heavy atom. The minimum atomic E-state index is -4.94. The predicted octanol–water partition coefficient (Wildman–Crippen LogP) is 7.82. The molecule has 1 unspecified atom stereocenters. The van der Waals surface area contributed by atoms with Crippen molar-refractivity contribution in [3.8, 4) is 5.75 Å². The minimum Gasteiger partial charge on any atom is -0.403 e. The zero-order valence-electron chi connectivity index (χ0n) is 17.6. The van der Waals surface area contributed by atoms with Gasteiger partial charge in [0.25, 0.3) is 0 Å². The van der Waals surface area contributed by atoms with Gasteiger partial charge in [0.05, 0.1) is 0 Å². The van der Waals surface area contributed by atoms with E-state index in [1.807, 2.05) is 12.1 Å². The van der Waals surface area contributed by atoms with Crippen LogP contribution in [0, 0.1) is 17.6 Å². The molecule has 0 aliphatic heterocycles. The molecular formula is C25H27F5O. The van der Waals surface area contributed by atoms with Crippen LogP contribution in [0.25, 0.3) is 0 Å². The first kappa shape index (κ1) is 22.1. The lowest BCUT2D eigenvalue weighted by atomic mass is 9.76. The summed E-state index contributed by atoms with van der Waals surface area (Å²) in [5.41, 5.74) is 2.89. The van der Waals surface area contributed by atoms with E-state index in [2.05, 4.69) is 11.7 Å². The summed E-state index contributed by atoms with van der Waals surface area (Å²) in [4.78, 5) is 0. The Bertz CT molecular complexity index is 928. The van der Waals surface area contributed by atoms with Crippen molar-refractivity contribution >= 4 is 0 Å². The van der Waals surface area contributed by atoms with Gasteiger partial charge < -0.3 is 4.74 Å². The Morgan fingerprint density at radius 2 is 1.61 bits per heavy atom. The predicted molar refractivity (Wildman–Crippen MR) is 109 cm³/mol. The summed E-state index contributed by atoms with van der Waals surface area (Å²) in [6.07, 6.45) is 2.28. The number of ether oxygens (including phenoxy) is 1. The maximum atomic E-state index is 15.0. The molecule has 1 atom stereocenters. The van der Waals surface area contributed by atoms with Gasteiger partial charge in [-0.3, -0.25) is 0 Å². The number of alkyl halides is 3. The van der Waals surface area contributed by atoms with Crippen LogP contribution in [0.15, 0.2) is 30.3 Å². The van der Waals surface area contributed by atoms with Crippen LogP contribution in [0.5, 0.6) is 5.75 Å². The molecule has 0 aromatic heterocycles. The van der Waals surface area contributed by atoms with Crippen LogP contribution in [0.3, 0.4) is 0 Å². The van der Waals surface area contributed by atoms with Gasteiger partial charge in [-0.05, 0) is 103 Å². The molecule has 2 aromatic carbocycles. The molecule has 1 nitrogen and oxygen atoms in total. The number of hydrogen-bond donors (Lipinski definition) is 0. The molecule has 2 aliphatic carbocycles. The third-order valence-corrected chi connectivity index (χ3v) is 7.07. The van der Waals surface area contributed by atoms with Gasteiger partial charge in [0.15, 0.2) is 11.6 Å². The molecule has 2 aromatic rings. The largest absolute Gasteiger partial charge is 0.573 e. The van der Waals surface area contributed by atoms with Crippen molar-refractivity contribution in [3.63, 3.8) is 0 Å². The van der Waals surface area contributed by atoms with E-state index in [-0.39, 0.29) is 11.7 Å². The normalized spacial score (nSPS) is 24.0. The molecule has 6 heteroatoms. The second-order valence-corrected chi connectivity index (χ2v) is 8.95. The van der Waals surface area contributed by atoms with Crippen LogP contribution in [0.2, 0.25) is 0 Å². The molecule has 4 rings (SSSR count). The summed E-state index contributed by atoms with van der Waals surface area (Å²) < 4.78 is 70.3. The lowest BCUT2D eigenvalue weighted by Crippen LogP contribution is -2.20. The second kappa shape index (κ2) is 8.79. The molecule has 0 spiro atoms. The zero-order chi connectivity index (χ0) is 22.2. The van der Waals surface area contributed by atoms with Gasteiger partial charge in [0, 0.05) is 0 Å². The van der Waals surface area contributed by atoms with E-state index in [4.69, 9.17) is 0 Å². The highest BCUT2D eigenvalue weighted by Gasteiger charge is 2.33. The zero-order valence-corrected chi connectivity index (χ0v) is 17.6. The summed E-state index contributed by atoms with van der Waals surface area (Å²) in [5.74, 6) is -1.02. The van der Waals surface area contributed by atoms with Gasteiger partial charge in [0.2, 0.25) is 0 Å². The Hall–Kier alpha value is -2.11. The van der Waals surface area contributed by atoms with E-state index in [0.29, 0.717) is 41.9 Å². The maximum absolute atomic E-state index is 15.0. The standard InChI is InChI=1S/C25H27F5O/c1-2-15-3-5-16(6-4-15)17-9-10-21(22(26)12-17)19-8-7-18-14-24(31-25(28,29)30)23(27)13-20(18)11-19/h9-10,12-16,19H,2-8,11H2,1H3. The fraction of sp³-hybridized carbons (Fsp3) is 0.520. The first-order valence-electron chi connectivity index (χ1n) is 11.1. The molecule has 1 saturated carbocycles. The highest BCUT2D eigenvalue weighted by atomic mass is 19.4. The van der Waals surface area contributed by atoms with Gasteiger partial charge >= 0.3 is 6.36 Å². The van der Waals surface area contributed by atoms with Gasteiger partial charge in [0.1, 0.15) is 5.82 Å². The SMILES string of the molecule is CCC1CCC(c2ccc(C3CCc4cc(OC(F)(F)F)c(F)cc4C3)c(F)c2)CC1. The molecule has 0 heterocycles. The first-order chi connectivity index (χ1) is 14.7. The van der Waals surface area contributed by atoms with Crippen LogP contribution in [0.4, 0.5) is 22.0 Å². The van der Waals surface area contributed by atoms with Crippen molar-refractivity contribution in [2.75, 3.05) is 0 Å². The van der Waals surface area contributed by atoms with Gasteiger partial charge in [-0.1, -0.05) is 25.5 Å². The summed E-state index contributed by atoms with van der Waals surface area (Å²) >= 11 is 0. The van der Waals surface area contributed by atoms with Crippen molar-refractivity contribution < 1.29 is 26.7 Å². The van der Waals surface area contributed by atoms with Crippen molar-refractivity contribution in [1.29, 1.82) is 0 Å². The van der Waals surface area contributed by atoms with E-state index in [9.17, 15) is 17.6 Å². The highest BCUT2D eigenvalue weighted by Crippen LogP contribution is 2.40. The monoisotopic (exact) mass is 438 g/mol. The van der Waals surface area contributed by atoms with Gasteiger partial charge in [-0.2, -0.15) is 0 Å². The van der Waals surface area contributed by atoms with Crippen molar-refractivity contribution in [2.45, 2.75) is 76.5 Å². The smallest absolute Gasteiger partial charge is 0.403 e. The summed E-state index contributed by atoms with van der Waals surface area (Å²) in [5, 5.41) is 0. The van der Waals surface area contributed by atoms with Gasteiger partial charge in [-0.25, -0.2) is 8.78 Å². The Kier molecular flexibility index (Phi) is 6.27. The van der Waals surface area contributed by atoms with E-state index in [1.54, 1.807) is 6.07 Å². The minimum absolute atomic E-state index is 0.119. The van der Waals surface area contributed by atoms with E-state index in [1.165, 1.54) is 19.3 Å². The maximum Gasteiger partial charge on any atom is 0.573 e. The number of rotatable bonds is 4. The molecule has 2 aliphatic rings. The molecule has 1 fully saturated rings. The third-order valence-electron chi connectivity index (χ3n) is 7.07. The number of fused-ring (bicyclic) bond motifs is 1. The average molecular weight is 438 g/mol. The fourth-order valence-corrected chi connectivity index (χ4v) is 5.26. The molecular weight excluding hydrogens is 411 g/mol. The molecule has 168 valence electrons. The number of benzene rings is 2. The van der Waals surface area contributed by atoms with Crippen LogP contribution in [0.1, 0.15) is 79.5 Å². The Balaban J connectivity index is 1.49. The fourth-order valence-electron chi connectivity index (χ4n) is 5.26. The number of halogens is 5. The molecule has 0 saturated heterocycles. The molecule has 0 amide bonds. The summed E-state index contributed by atoms with van der Waals surface area (Å²) in [6, 6.07) is 7.75.